The predicted molar refractivity (Wildman–Crippen MR) is 132 cm³/mol. The Morgan fingerprint density at radius 2 is 1.97 bits per heavy atom. The Morgan fingerprint density at radius 3 is 2.61 bits per heavy atom. The molecule has 1 aliphatic rings. The third kappa shape index (κ3) is 9.02. The number of carbonyl (C=O) groups excluding carboxylic acids is 1. The van der Waals surface area contributed by atoms with Crippen LogP contribution in [0.3, 0.4) is 0 Å². The molecule has 1 fully saturated rings. The number of carbonyl (C=O) groups is 2. The number of carboxylic acid groups (broad SMARTS) is 1. The number of allylic oxidation sites excluding steroid dienone is 1. The van der Waals surface area contributed by atoms with Gasteiger partial charge < -0.3 is 19.9 Å². The summed E-state index contributed by atoms with van der Waals surface area (Å²) in [6.07, 6.45) is 5.53. The van der Waals surface area contributed by atoms with Gasteiger partial charge in [-0.3, -0.25) is 14.6 Å². The van der Waals surface area contributed by atoms with Crippen LogP contribution in [-0.4, -0.2) is 42.6 Å². The lowest BCUT2D eigenvalue weighted by molar-refractivity contribution is -0.138. The summed E-state index contributed by atoms with van der Waals surface area (Å²) in [4.78, 5) is 25.7. The van der Waals surface area contributed by atoms with E-state index in [4.69, 9.17) is 14.6 Å². The Morgan fingerprint density at radius 1 is 1.21 bits per heavy atom. The average Bonchev–Trinajstić information content (AvgIpc) is 3.16. The van der Waals surface area contributed by atoms with E-state index >= 15 is 0 Å². The first kappa shape index (κ1) is 26.0. The van der Waals surface area contributed by atoms with Crippen LogP contribution in [0.1, 0.15) is 37.3 Å². The number of aliphatic imine (C=N–C) groups is 1. The Bertz CT molecular complexity index is 976. The topological polar surface area (TPSA) is 97.2 Å². The first-order valence-corrected chi connectivity index (χ1v) is 11.5. The molecule has 2 aromatic carbocycles. The van der Waals surface area contributed by atoms with E-state index < -0.39 is 11.2 Å². The molecule has 0 aromatic heterocycles. The summed E-state index contributed by atoms with van der Waals surface area (Å²) in [5.74, 6) is 0.321. The van der Waals surface area contributed by atoms with E-state index in [2.05, 4.69) is 10.3 Å². The number of carboxylic acids is 1. The molecule has 1 aliphatic heterocycles. The van der Waals surface area contributed by atoms with E-state index in [0.717, 1.165) is 40.5 Å². The SMILES string of the molecule is CCC/C=C1/NC(=O)C(CC(=O)O)S1.CN=Cc1ccc(OC)c(OCc2ccccc2)c1. The summed E-state index contributed by atoms with van der Waals surface area (Å²) < 4.78 is 11.1. The Hall–Kier alpha value is -3.26. The molecule has 0 aliphatic carbocycles. The summed E-state index contributed by atoms with van der Waals surface area (Å²) in [6, 6.07) is 15.8. The first-order valence-electron chi connectivity index (χ1n) is 10.6. The van der Waals surface area contributed by atoms with Crippen molar-refractivity contribution in [1.82, 2.24) is 5.32 Å². The molecule has 0 spiro atoms. The zero-order valence-corrected chi connectivity index (χ0v) is 19.9. The molecular formula is C25H30N2O5S. The number of hydrogen-bond acceptors (Lipinski definition) is 6. The van der Waals surface area contributed by atoms with E-state index in [1.165, 1.54) is 11.8 Å². The smallest absolute Gasteiger partial charge is 0.305 e. The van der Waals surface area contributed by atoms with Gasteiger partial charge in [-0.25, -0.2) is 0 Å². The normalized spacial score (nSPS) is 16.3. The van der Waals surface area contributed by atoms with Gasteiger partial charge in [-0.05, 0) is 35.7 Å². The van der Waals surface area contributed by atoms with Gasteiger partial charge >= 0.3 is 5.97 Å². The number of rotatable bonds is 9. The number of amides is 1. The average molecular weight is 471 g/mol. The van der Waals surface area contributed by atoms with Gasteiger partial charge in [0.25, 0.3) is 0 Å². The van der Waals surface area contributed by atoms with Gasteiger partial charge in [-0.2, -0.15) is 0 Å². The molecule has 2 aromatic rings. The van der Waals surface area contributed by atoms with Crippen molar-refractivity contribution in [2.24, 2.45) is 4.99 Å². The van der Waals surface area contributed by atoms with E-state index in [9.17, 15) is 9.59 Å². The third-order valence-corrected chi connectivity index (χ3v) is 5.68. The first-order chi connectivity index (χ1) is 16.0. The molecule has 1 atom stereocenters. The minimum atomic E-state index is -0.936. The van der Waals surface area contributed by atoms with E-state index in [0.29, 0.717) is 6.61 Å². The molecule has 0 saturated carbocycles. The van der Waals surface area contributed by atoms with Crippen LogP contribution in [0.2, 0.25) is 0 Å². The van der Waals surface area contributed by atoms with Gasteiger partial charge in [-0.15, -0.1) is 0 Å². The van der Waals surface area contributed by atoms with Crippen LogP contribution < -0.4 is 14.8 Å². The highest BCUT2D eigenvalue weighted by molar-refractivity contribution is 8.04. The monoisotopic (exact) mass is 470 g/mol. The predicted octanol–water partition coefficient (Wildman–Crippen LogP) is 4.66. The second-order valence-electron chi connectivity index (χ2n) is 7.12. The van der Waals surface area contributed by atoms with Crippen molar-refractivity contribution in [2.75, 3.05) is 14.2 Å². The van der Waals surface area contributed by atoms with E-state index in [1.807, 2.05) is 61.5 Å². The van der Waals surface area contributed by atoms with Crippen LogP contribution >= 0.6 is 11.8 Å². The maximum Gasteiger partial charge on any atom is 0.305 e. The summed E-state index contributed by atoms with van der Waals surface area (Å²) in [5, 5.41) is 11.5. The number of benzene rings is 2. The van der Waals surface area contributed by atoms with Crippen molar-refractivity contribution in [2.45, 2.75) is 38.0 Å². The number of nitrogens with one attached hydrogen (secondary N) is 1. The van der Waals surface area contributed by atoms with Crippen molar-refractivity contribution in [1.29, 1.82) is 0 Å². The number of unbranched alkanes of at least 4 members (excludes halogenated alkanes) is 1. The number of methoxy groups -OCH3 is 1. The molecule has 1 amide bonds. The van der Waals surface area contributed by atoms with Crippen LogP contribution in [-0.2, 0) is 16.2 Å². The fourth-order valence-corrected chi connectivity index (χ4v) is 3.95. The molecule has 0 radical (unpaired) electrons. The van der Waals surface area contributed by atoms with Gasteiger partial charge in [0, 0.05) is 13.3 Å². The van der Waals surface area contributed by atoms with Crippen molar-refractivity contribution in [3.63, 3.8) is 0 Å². The van der Waals surface area contributed by atoms with Crippen LogP contribution in [0.25, 0.3) is 0 Å². The summed E-state index contributed by atoms with van der Waals surface area (Å²) in [6.45, 7) is 2.57. The highest BCUT2D eigenvalue weighted by Gasteiger charge is 2.30. The van der Waals surface area contributed by atoms with Gasteiger partial charge in [0.15, 0.2) is 11.5 Å². The maximum absolute atomic E-state index is 11.2. The summed E-state index contributed by atoms with van der Waals surface area (Å²) in [5.41, 5.74) is 2.12. The molecular weight excluding hydrogens is 440 g/mol. The van der Waals surface area contributed by atoms with Gasteiger partial charge in [0.1, 0.15) is 11.9 Å². The molecule has 0 bridgehead atoms. The summed E-state index contributed by atoms with van der Waals surface area (Å²) >= 11 is 1.31. The quantitative estimate of drug-likeness (QED) is 0.518. The fraction of sp³-hybridized carbons (Fsp3) is 0.320. The lowest BCUT2D eigenvalue weighted by atomic mass is 10.2. The molecule has 3 rings (SSSR count). The Kier molecular flexibility index (Phi) is 11.0. The van der Waals surface area contributed by atoms with Crippen LogP contribution in [0.5, 0.6) is 11.5 Å². The molecule has 1 unspecified atom stereocenters. The Balaban J connectivity index is 0.000000245. The molecule has 1 saturated heterocycles. The molecule has 8 heteroatoms. The van der Waals surface area contributed by atoms with Crippen molar-refractivity contribution in [3.8, 4) is 11.5 Å². The fourth-order valence-electron chi connectivity index (χ4n) is 2.88. The van der Waals surface area contributed by atoms with E-state index in [-0.39, 0.29) is 12.3 Å². The highest BCUT2D eigenvalue weighted by atomic mass is 32.2. The molecule has 33 heavy (non-hydrogen) atoms. The van der Waals surface area contributed by atoms with Gasteiger partial charge in [-0.1, -0.05) is 61.5 Å². The van der Waals surface area contributed by atoms with E-state index in [1.54, 1.807) is 20.4 Å². The zero-order valence-electron chi connectivity index (χ0n) is 19.1. The van der Waals surface area contributed by atoms with Gasteiger partial charge in [0.05, 0.1) is 18.6 Å². The van der Waals surface area contributed by atoms with Crippen LogP contribution in [0, 0.1) is 0 Å². The lowest BCUT2D eigenvalue weighted by Gasteiger charge is -2.11. The van der Waals surface area contributed by atoms with Gasteiger partial charge in [0.2, 0.25) is 5.91 Å². The molecule has 2 N–H and O–H groups in total. The second-order valence-corrected chi connectivity index (χ2v) is 8.37. The second kappa shape index (κ2) is 14.0. The van der Waals surface area contributed by atoms with Crippen molar-refractivity contribution >= 4 is 29.9 Å². The summed E-state index contributed by atoms with van der Waals surface area (Å²) in [7, 11) is 3.38. The Labute approximate surface area is 198 Å². The highest BCUT2D eigenvalue weighted by Crippen LogP contribution is 2.29. The minimum absolute atomic E-state index is 0.111. The van der Waals surface area contributed by atoms with Crippen LogP contribution in [0.15, 0.2) is 64.6 Å². The van der Waals surface area contributed by atoms with Crippen LogP contribution in [0.4, 0.5) is 0 Å². The minimum Gasteiger partial charge on any atom is -0.493 e. The molecule has 1 heterocycles. The number of aliphatic carboxylic acids is 1. The maximum atomic E-state index is 11.2. The standard InChI is InChI=1S/C16H17NO2.C9H13NO3S/c1-17-11-14-8-9-15(18-2)16(10-14)19-12-13-6-4-3-5-7-13;1-2-3-4-7-10-9(13)6(14-7)5-8(11)12/h3-11H,12H2,1-2H3;4,6H,2-3,5H2,1H3,(H,10,13)(H,11,12)/b;7-4-. The van der Waals surface area contributed by atoms with Crippen molar-refractivity contribution < 1.29 is 24.2 Å². The lowest BCUT2D eigenvalue weighted by Crippen LogP contribution is -2.24. The number of thioether (sulfide) groups is 1. The molecule has 7 nitrogen and oxygen atoms in total. The van der Waals surface area contributed by atoms with Crippen molar-refractivity contribution in [3.05, 3.63) is 70.8 Å². The molecule has 176 valence electrons. The zero-order chi connectivity index (χ0) is 24.1. The largest absolute Gasteiger partial charge is 0.493 e. The number of nitrogens with zero attached hydrogens (tertiary/aromatic N) is 1. The number of hydrogen-bond donors (Lipinski definition) is 2. The number of ether oxygens (including phenoxy) is 2. The third-order valence-electron chi connectivity index (χ3n) is 4.49.